The van der Waals surface area contributed by atoms with Gasteiger partial charge in [-0.25, -0.2) is 0 Å². The zero-order valence-electron chi connectivity index (χ0n) is 14.8. The summed E-state index contributed by atoms with van der Waals surface area (Å²) < 4.78 is 2.18. The van der Waals surface area contributed by atoms with Gasteiger partial charge >= 0.3 is 0 Å². The number of nitrogens with zero attached hydrogens (tertiary/aromatic N) is 2. The number of aromatic nitrogens is 1. The highest BCUT2D eigenvalue weighted by Crippen LogP contribution is 2.40. The molecule has 4 rings (SSSR count). The summed E-state index contributed by atoms with van der Waals surface area (Å²) in [6.45, 7) is 2.84. The van der Waals surface area contributed by atoms with E-state index in [1.54, 1.807) is 11.8 Å². The Hall–Kier alpha value is -2.46. The third-order valence-electron chi connectivity index (χ3n) is 4.82. The summed E-state index contributed by atoms with van der Waals surface area (Å²) in [6, 6.07) is 20.8. The first-order valence-corrected chi connectivity index (χ1v) is 10.0. The molecule has 0 N–H and O–H groups in total. The van der Waals surface area contributed by atoms with Crippen molar-refractivity contribution in [3.05, 3.63) is 89.7 Å². The van der Waals surface area contributed by atoms with Crippen LogP contribution < -0.4 is 0 Å². The van der Waals surface area contributed by atoms with E-state index in [9.17, 15) is 4.79 Å². The number of benzene rings is 2. The number of carbonyl (C=O) groups excluding carboxylic acids is 1. The van der Waals surface area contributed by atoms with Gasteiger partial charge in [-0.1, -0.05) is 55.5 Å². The van der Waals surface area contributed by atoms with Gasteiger partial charge in [-0.2, -0.15) is 0 Å². The van der Waals surface area contributed by atoms with Crippen LogP contribution in [-0.4, -0.2) is 21.1 Å². The lowest BCUT2D eigenvalue weighted by Gasteiger charge is -2.23. The van der Waals surface area contributed by atoms with Crippen molar-refractivity contribution in [2.45, 2.75) is 25.3 Å². The van der Waals surface area contributed by atoms with Crippen molar-refractivity contribution in [2.75, 3.05) is 5.75 Å². The van der Waals surface area contributed by atoms with E-state index in [2.05, 4.69) is 66.3 Å². The minimum absolute atomic E-state index is 0.0812. The number of hydrogen-bond donors (Lipinski definition) is 0. The molecule has 132 valence electrons. The molecule has 1 aromatic heterocycles. The molecule has 26 heavy (non-hydrogen) atoms. The van der Waals surface area contributed by atoms with Crippen LogP contribution in [0.15, 0.2) is 73.1 Å². The number of amides is 1. The van der Waals surface area contributed by atoms with Crippen LogP contribution in [0.4, 0.5) is 0 Å². The van der Waals surface area contributed by atoms with Gasteiger partial charge in [-0.15, -0.1) is 11.8 Å². The summed E-state index contributed by atoms with van der Waals surface area (Å²) in [6.07, 6.45) is 5.27. The Morgan fingerprint density at radius 2 is 1.81 bits per heavy atom. The van der Waals surface area contributed by atoms with Gasteiger partial charge in [0.15, 0.2) is 0 Å². The Morgan fingerprint density at radius 1 is 1.04 bits per heavy atom. The van der Waals surface area contributed by atoms with Crippen LogP contribution in [0.1, 0.15) is 29.0 Å². The number of hydrogen-bond acceptors (Lipinski definition) is 2. The molecule has 0 saturated carbocycles. The standard InChI is InChI=1S/C22H22N2OS/c1-2-18-10-6-7-11-20(18)23-13-12-19(15-23)22-24(21(25)16-26-22)14-17-8-4-3-5-9-17/h3-13,15,22H,2,14,16H2,1H3/t22-/m0/s1. The zero-order valence-corrected chi connectivity index (χ0v) is 15.7. The van der Waals surface area contributed by atoms with E-state index in [1.165, 1.54) is 22.4 Å². The fraction of sp³-hybridized carbons (Fsp3) is 0.227. The summed E-state index contributed by atoms with van der Waals surface area (Å²) in [5.74, 6) is 0.763. The molecule has 1 amide bonds. The minimum atomic E-state index is 0.0812. The number of aryl methyl sites for hydroxylation is 1. The third-order valence-corrected chi connectivity index (χ3v) is 6.07. The molecule has 1 aliphatic rings. The fourth-order valence-electron chi connectivity index (χ4n) is 3.45. The molecule has 0 spiro atoms. The van der Waals surface area contributed by atoms with Crippen LogP contribution in [0.3, 0.4) is 0 Å². The lowest BCUT2D eigenvalue weighted by molar-refractivity contribution is -0.128. The first kappa shape index (κ1) is 17.0. The van der Waals surface area contributed by atoms with Crippen molar-refractivity contribution in [2.24, 2.45) is 0 Å². The van der Waals surface area contributed by atoms with Crippen molar-refractivity contribution in [3.8, 4) is 5.69 Å². The Bertz CT molecular complexity index is 903. The van der Waals surface area contributed by atoms with Gasteiger partial charge in [0.2, 0.25) is 5.91 Å². The van der Waals surface area contributed by atoms with Crippen molar-refractivity contribution >= 4 is 17.7 Å². The van der Waals surface area contributed by atoms with E-state index in [0.717, 1.165) is 6.42 Å². The van der Waals surface area contributed by atoms with Crippen molar-refractivity contribution in [1.29, 1.82) is 0 Å². The number of para-hydroxylation sites is 1. The molecular formula is C22H22N2OS. The molecule has 0 aliphatic carbocycles. The van der Waals surface area contributed by atoms with Crippen LogP contribution in [-0.2, 0) is 17.8 Å². The van der Waals surface area contributed by atoms with Crippen LogP contribution in [0, 0.1) is 0 Å². The van der Waals surface area contributed by atoms with E-state index in [0.29, 0.717) is 12.3 Å². The Balaban J connectivity index is 1.61. The van der Waals surface area contributed by atoms with Gasteiger partial charge in [-0.05, 0) is 29.7 Å². The van der Waals surface area contributed by atoms with Crippen LogP contribution in [0.2, 0.25) is 0 Å². The maximum absolute atomic E-state index is 12.4. The molecule has 0 radical (unpaired) electrons. The maximum atomic E-state index is 12.4. The van der Waals surface area contributed by atoms with Crippen molar-refractivity contribution in [3.63, 3.8) is 0 Å². The molecule has 4 heteroatoms. The van der Waals surface area contributed by atoms with Gasteiger partial charge in [0, 0.05) is 30.2 Å². The highest BCUT2D eigenvalue weighted by molar-refractivity contribution is 8.00. The SMILES string of the molecule is CCc1ccccc1-n1ccc([C@@H]2SCC(=O)N2Cc2ccccc2)c1. The summed E-state index contributed by atoms with van der Waals surface area (Å²) in [7, 11) is 0. The molecule has 1 fully saturated rings. The highest BCUT2D eigenvalue weighted by Gasteiger charge is 2.33. The van der Waals surface area contributed by atoms with Crippen molar-refractivity contribution in [1.82, 2.24) is 9.47 Å². The maximum Gasteiger partial charge on any atom is 0.234 e. The number of carbonyl (C=O) groups is 1. The summed E-state index contributed by atoms with van der Waals surface area (Å²) in [5, 5.41) is 0.0812. The second-order valence-electron chi connectivity index (χ2n) is 6.50. The zero-order chi connectivity index (χ0) is 17.9. The molecule has 3 aromatic rings. The van der Waals surface area contributed by atoms with Gasteiger partial charge in [0.05, 0.1) is 5.75 Å². The first-order valence-electron chi connectivity index (χ1n) is 8.97. The smallest absolute Gasteiger partial charge is 0.234 e. The van der Waals surface area contributed by atoms with Crippen molar-refractivity contribution < 1.29 is 4.79 Å². The monoisotopic (exact) mass is 362 g/mol. The normalized spacial score (nSPS) is 17.0. The topological polar surface area (TPSA) is 25.2 Å². The Morgan fingerprint density at radius 3 is 2.62 bits per heavy atom. The van der Waals surface area contributed by atoms with E-state index in [1.807, 2.05) is 23.1 Å². The Labute approximate surface area is 158 Å². The molecule has 0 bridgehead atoms. The molecule has 2 heterocycles. The number of thioether (sulfide) groups is 1. The number of rotatable bonds is 5. The molecule has 1 aliphatic heterocycles. The fourth-order valence-corrected chi connectivity index (χ4v) is 4.62. The van der Waals surface area contributed by atoms with E-state index >= 15 is 0 Å². The average molecular weight is 362 g/mol. The van der Waals surface area contributed by atoms with Gasteiger partial charge in [0.25, 0.3) is 0 Å². The van der Waals surface area contributed by atoms with E-state index in [-0.39, 0.29) is 11.3 Å². The van der Waals surface area contributed by atoms with Gasteiger partial charge < -0.3 is 9.47 Å². The first-order chi connectivity index (χ1) is 12.8. The molecule has 1 saturated heterocycles. The lowest BCUT2D eigenvalue weighted by atomic mass is 10.1. The predicted octanol–water partition coefficient (Wildman–Crippen LogP) is 4.81. The van der Waals surface area contributed by atoms with E-state index < -0.39 is 0 Å². The molecule has 2 aromatic carbocycles. The molecule has 0 unspecified atom stereocenters. The van der Waals surface area contributed by atoms with Crippen LogP contribution in [0.5, 0.6) is 0 Å². The average Bonchev–Trinajstić information content (AvgIpc) is 3.30. The molecule has 3 nitrogen and oxygen atoms in total. The van der Waals surface area contributed by atoms with Crippen LogP contribution in [0.25, 0.3) is 5.69 Å². The molecule has 1 atom stereocenters. The second-order valence-corrected chi connectivity index (χ2v) is 7.57. The summed E-state index contributed by atoms with van der Waals surface area (Å²) >= 11 is 1.71. The highest BCUT2D eigenvalue weighted by atomic mass is 32.2. The Kier molecular flexibility index (Phi) is 4.85. The third kappa shape index (κ3) is 3.29. The van der Waals surface area contributed by atoms with Gasteiger partial charge in [-0.3, -0.25) is 4.79 Å². The van der Waals surface area contributed by atoms with Crippen LogP contribution >= 0.6 is 11.8 Å². The quantitative estimate of drug-likeness (QED) is 0.650. The second kappa shape index (κ2) is 7.42. The van der Waals surface area contributed by atoms with E-state index in [4.69, 9.17) is 0 Å². The lowest BCUT2D eigenvalue weighted by Crippen LogP contribution is -2.27. The minimum Gasteiger partial charge on any atom is -0.323 e. The predicted molar refractivity (Wildman–Crippen MR) is 107 cm³/mol. The summed E-state index contributed by atoms with van der Waals surface area (Å²) in [5.41, 5.74) is 4.89. The summed E-state index contributed by atoms with van der Waals surface area (Å²) in [4.78, 5) is 14.4. The van der Waals surface area contributed by atoms with Gasteiger partial charge in [0.1, 0.15) is 5.37 Å². The largest absolute Gasteiger partial charge is 0.323 e. The molecular weight excluding hydrogens is 340 g/mol.